The third-order valence-electron chi connectivity index (χ3n) is 2.72. The number of hydrogen-bond donors (Lipinski definition) is 0. The Balaban J connectivity index is 3.00. The maximum absolute atomic E-state index is 13.9. The molecule has 1 atom stereocenters. The summed E-state index contributed by atoms with van der Waals surface area (Å²) in [5, 5.41) is 0. The van der Waals surface area contributed by atoms with Crippen LogP contribution in [0.5, 0.6) is 0 Å². The summed E-state index contributed by atoms with van der Waals surface area (Å²) in [7, 11) is 0. The minimum atomic E-state index is -1.05. The average Bonchev–Trinajstić information content (AvgIpc) is 2.37. The number of ether oxygens (including phenoxy) is 1. The van der Waals surface area contributed by atoms with E-state index in [4.69, 9.17) is 4.74 Å². The third kappa shape index (κ3) is 3.71. The molecule has 0 fully saturated rings. The smallest absolute Gasteiger partial charge is 0.316 e. The van der Waals surface area contributed by atoms with Crippen molar-refractivity contribution in [2.45, 2.75) is 20.3 Å². The number of ketones is 1. The number of rotatable bonds is 6. The van der Waals surface area contributed by atoms with Crippen LogP contribution in [0.15, 0.2) is 18.2 Å². The Morgan fingerprint density at radius 3 is 2.63 bits per heavy atom. The van der Waals surface area contributed by atoms with E-state index in [1.807, 2.05) is 0 Å². The van der Waals surface area contributed by atoms with Crippen LogP contribution in [0, 0.1) is 11.7 Å². The van der Waals surface area contributed by atoms with Gasteiger partial charge in [0, 0.05) is 0 Å². The van der Waals surface area contributed by atoms with Crippen LogP contribution in [0.3, 0.4) is 0 Å². The van der Waals surface area contributed by atoms with Crippen LogP contribution >= 0.6 is 0 Å². The van der Waals surface area contributed by atoms with Gasteiger partial charge in [-0.05, 0) is 31.9 Å². The summed E-state index contributed by atoms with van der Waals surface area (Å²) in [5.41, 5.74) is 0.0570. The number of carbonyl (C=O) groups excluding carboxylic acids is 3. The van der Waals surface area contributed by atoms with Crippen LogP contribution in [0.1, 0.15) is 29.8 Å². The van der Waals surface area contributed by atoms with Gasteiger partial charge >= 0.3 is 5.97 Å². The lowest BCUT2D eigenvalue weighted by Gasteiger charge is -2.13. The molecular formula is C14H15FO4. The van der Waals surface area contributed by atoms with E-state index < -0.39 is 23.5 Å². The molecular weight excluding hydrogens is 251 g/mol. The fourth-order valence-electron chi connectivity index (χ4n) is 1.70. The highest BCUT2D eigenvalue weighted by Crippen LogP contribution is 2.17. The van der Waals surface area contributed by atoms with Crippen LogP contribution < -0.4 is 0 Å². The van der Waals surface area contributed by atoms with Gasteiger partial charge < -0.3 is 4.74 Å². The van der Waals surface area contributed by atoms with Gasteiger partial charge in [-0.3, -0.25) is 14.4 Å². The maximum Gasteiger partial charge on any atom is 0.316 e. The molecule has 0 saturated heterocycles. The summed E-state index contributed by atoms with van der Waals surface area (Å²) >= 11 is 0. The number of carbonyl (C=O) groups is 3. The zero-order chi connectivity index (χ0) is 14.4. The first-order valence-corrected chi connectivity index (χ1v) is 5.90. The Morgan fingerprint density at radius 2 is 2.11 bits per heavy atom. The molecule has 0 heterocycles. The Hall–Kier alpha value is -2.04. The Bertz CT molecular complexity index is 496. The van der Waals surface area contributed by atoms with Crippen molar-refractivity contribution in [3.05, 3.63) is 35.1 Å². The predicted octanol–water partition coefficient (Wildman–Crippen LogP) is 1.95. The van der Waals surface area contributed by atoms with Crippen molar-refractivity contribution < 1.29 is 23.5 Å². The van der Waals surface area contributed by atoms with Gasteiger partial charge in [-0.25, -0.2) is 4.39 Å². The molecule has 5 heteroatoms. The van der Waals surface area contributed by atoms with Crippen LogP contribution in [-0.4, -0.2) is 24.6 Å². The largest absolute Gasteiger partial charge is 0.465 e. The first-order chi connectivity index (χ1) is 9.01. The second-order valence-electron chi connectivity index (χ2n) is 4.06. The van der Waals surface area contributed by atoms with Gasteiger partial charge in [-0.1, -0.05) is 12.1 Å². The summed E-state index contributed by atoms with van der Waals surface area (Å²) in [6.07, 6.45) is 0.285. The molecule has 4 nitrogen and oxygen atoms in total. The van der Waals surface area contributed by atoms with Gasteiger partial charge in [-0.2, -0.15) is 0 Å². The van der Waals surface area contributed by atoms with Gasteiger partial charge in [0.05, 0.1) is 12.2 Å². The monoisotopic (exact) mass is 266 g/mol. The highest BCUT2D eigenvalue weighted by molar-refractivity contribution is 5.98. The van der Waals surface area contributed by atoms with Crippen molar-refractivity contribution in [3.63, 3.8) is 0 Å². The van der Waals surface area contributed by atoms with Crippen LogP contribution in [0.25, 0.3) is 0 Å². The van der Waals surface area contributed by atoms with Gasteiger partial charge in [-0.15, -0.1) is 0 Å². The van der Waals surface area contributed by atoms with Crippen molar-refractivity contribution in [2.24, 2.45) is 5.92 Å². The number of esters is 1. The predicted molar refractivity (Wildman–Crippen MR) is 66.3 cm³/mol. The summed E-state index contributed by atoms with van der Waals surface area (Å²) in [5.74, 6) is -2.82. The molecule has 0 saturated carbocycles. The average molecular weight is 266 g/mol. The highest BCUT2D eigenvalue weighted by atomic mass is 19.1. The van der Waals surface area contributed by atoms with Gasteiger partial charge in [0.15, 0.2) is 6.29 Å². The van der Waals surface area contributed by atoms with Crippen LogP contribution in [0.2, 0.25) is 0 Å². The first-order valence-electron chi connectivity index (χ1n) is 5.90. The molecule has 0 aromatic heterocycles. The Labute approximate surface area is 110 Å². The van der Waals surface area contributed by atoms with Crippen LogP contribution in [-0.2, 0) is 20.7 Å². The molecule has 0 N–H and O–H groups in total. The second-order valence-corrected chi connectivity index (χ2v) is 4.06. The quantitative estimate of drug-likeness (QED) is 0.448. The van der Waals surface area contributed by atoms with E-state index in [9.17, 15) is 18.8 Å². The Morgan fingerprint density at radius 1 is 1.42 bits per heavy atom. The summed E-state index contributed by atoms with van der Waals surface area (Å²) in [6, 6.07) is 4.28. The topological polar surface area (TPSA) is 60.4 Å². The SMILES string of the molecule is CCOC(=O)C(Cc1cccc(C=O)c1F)C(C)=O. The number of hydrogen-bond acceptors (Lipinski definition) is 4. The standard InChI is InChI=1S/C14H15FO4/c1-3-19-14(18)12(9(2)17)7-10-5-4-6-11(8-16)13(10)15/h4-6,8,12H,3,7H2,1-2H3. The van der Waals surface area contributed by atoms with Crippen molar-refractivity contribution in [2.75, 3.05) is 6.61 Å². The number of aldehydes is 1. The lowest BCUT2D eigenvalue weighted by atomic mass is 9.94. The molecule has 19 heavy (non-hydrogen) atoms. The van der Waals surface area contributed by atoms with Crippen molar-refractivity contribution in [1.29, 1.82) is 0 Å². The van der Waals surface area contributed by atoms with E-state index in [2.05, 4.69) is 0 Å². The number of benzene rings is 1. The second kappa shape index (κ2) is 6.78. The Kier molecular flexibility index (Phi) is 5.36. The molecule has 0 spiro atoms. The zero-order valence-electron chi connectivity index (χ0n) is 10.8. The normalized spacial score (nSPS) is 11.7. The third-order valence-corrected chi connectivity index (χ3v) is 2.72. The van der Waals surface area contributed by atoms with Crippen LogP contribution in [0.4, 0.5) is 4.39 Å². The zero-order valence-corrected chi connectivity index (χ0v) is 10.8. The fraction of sp³-hybridized carbons (Fsp3) is 0.357. The molecule has 1 unspecified atom stereocenters. The van der Waals surface area contributed by atoms with Crippen molar-refractivity contribution in [1.82, 2.24) is 0 Å². The molecule has 102 valence electrons. The highest BCUT2D eigenvalue weighted by Gasteiger charge is 2.26. The van der Waals surface area contributed by atoms with E-state index in [0.717, 1.165) is 0 Å². The van der Waals surface area contributed by atoms with Crippen molar-refractivity contribution in [3.8, 4) is 0 Å². The van der Waals surface area contributed by atoms with Gasteiger partial charge in [0.25, 0.3) is 0 Å². The molecule has 0 amide bonds. The van der Waals surface area contributed by atoms with Crippen molar-refractivity contribution >= 4 is 18.0 Å². The lowest BCUT2D eigenvalue weighted by molar-refractivity contribution is -0.151. The molecule has 0 aliphatic heterocycles. The minimum absolute atomic E-state index is 0.0938. The molecule has 0 aliphatic rings. The summed E-state index contributed by atoms with van der Waals surface area (Å²) in [4.78, 5) is 33.7. The summed E-state index contributed by atoms with van der Waals surface area (Å²) in [6.45, 7) is 3.03. The van der Waals surface area contributed by atoms with E-state index in [1.54, 1.807) is 6.92 Å². The molecule has 0 aliphatic carbocycles. The number of Topliss-reactive ketones (excluding diaryl/α,β-unsaturated/α-hetero) is 1. The molecule has 1 aromatic rings. The summed E-state index contributed by atoms with van der Waals surface area (Å²) < 4.78 is 18.6. The van der Waals surface area contributed by atoms with Gasteiger partial charge in [0.2, 0.25) is 0 Å². The number of halogens is 1. The van der Waals surface area contributed by atoms with E-state index in [-0.39, 0.29) is 24.2 Å². The maximum atomic E-state index is 13.9. The van der Waals surface area contributed by atoms with E-state index in [1.165, 1.54) is 25.1 Å². The minimum Gasteiger partial charge on any atom is -0.465 e. The molecule has 0 radical (unpaired) electrons. The fourth-order valence-corrected chi connectivity index (χ4v) is 1.70. The van der Waals surface area contributed by atoms with Gasteiger partial charge in [0.1, 0.15) is 17.5 Å². The van der Waals surface area contributed by atoms with E-state index in [0.29, 0.717) is 6.29 Å². The first kappa shape index (κ1) is 15.0. The lowest BCUT2D eigenvalue weighted by Crippen LogP contribution is -2.27. The molecule has 1 aromatic carbocycles. The molecule has 0 bridgehead atoms. The van der Waals surface area contributed by atoms with E-state index >= 15 is 0 Å². The molecule has 1 rings (SSSR count).